The fourth-order valence-corrected chi connectivity index (χ4v) is 3.50. The number of carbonyl (C=O) groups excluding carboxylic acids is 1. The second kappa shape index (κ2) is 9.85. The van der Waals surface area contributed by atoms with Crippen molar-refractivity contribution >= 4 is 17.1 Å². The SMILES string of the molecule is O=CCNCc1ccc(Cn2cccn2)cc1OCCc1ccc2ccccc2c1. The topological polar surface area (TPSA) is 56.2 Å². The van der Waals surface area contributed by atoms with Gasteiger partial charge in [-0.1, -0.05) is 54.6 Å². The monoisotopic (exact) mass is 399 g/mol. The number of fused-ring (bicyclic) bond motifs is 1. The summed E-state index contributed by atoms with van der Waals surface area (Å²) < 4.78 is 8.07. The lowest BCUT2D eigenvalue weighted by molar-refractivity contribution is -0.107. The van der Waals surface area contributed by atoms with Crippen LogP contribution in [0.4, 0.5) is 0 Å². The van der Waals surface area contributed by atoms with Gasteiger partial charge in [-0.15, -0.1) is 0 Å². The summed E-state index contributed by atoms with van der Waals surface area (Å²) in [7, 11) is 0. The molecule has 30 heavy (non-hydrogen) atoms. The first-order valence-electron chi connectivity index (χ1n) is 10.2. The molecule has 0 aliphatic carbocycles. The summed E-state index contributed by atoms with van der Waals surface area (Å²) in [5.41, 5.74) is 3.42. The summed E-state index contributed by atoms with van der Waals surface area (Å²) in [6.07, 6.45) is 5.42. The highest BCUT2D eigenvalue weighted by atomic mass is 16.5. The minimum atomic E-state index is 0.325. The number of ether oxygens (including phenoxy) is 1. The van der Waals surface area contributed by atoms with Crippen LogP contribution in [0.25, 0.3) is 10.8 Å². The molecule has 0 bridgehead atoms. The van der Waals surface area contributed by atoms with E-state index in [0.29, 0.717) is 26.2 Å². The van der Waals surface area contributed by atoms with Crippen molar-refractivity contribution in [3.05, 3.63) is 95.8 Å². The Morgan fingerprint density at radius 3 is 2.67 bits per heavy atom. The molecular formula is C25H25N3O2. The van der Waals surface area contributed by atoms with Gasteiger partial charge in [0.15, 0.2) is 0 Å². The van der Waals surface area contributed by atoms with Crippen molar-refractivity contribution < 1.29 is 9.53 Å². The number of nitrogens with one attached hydrogen (secondary N) is 1. The lowest BCUT2D eigenvalue weighted by atomic mass is 10.1. The fraction of sp³-hybridized carbons (Fsp3) is 0.200. The Morgan fingerprint density at radius 1 is 0.967 bits per heavy atom. The van der Waals surface area contributed by atoms with E-state index >= 15 is 0 Å². The van der Waals surface area contributed by atoms with Crippen LogP contribution in [0.1, 0.15) is 16.7 Å². The average Bonchev–Trinajstić information content (AvgIpc) is 3.28. The molecule has 0 spiro atoms. The maximum atomic E-state index is 10.6. The molecule has 1 heterocycles. The number of benzene rings is 3. The van der Waals surface area contributed by atoms with E-state index in [1.807, 2.05) is 16.9 Å². The molecule has 4 aromatic rings. The summed E-state index contributed by atoms with van der Waals surface area (Å²) in [6, 6.07) is 23.0. The highest BCUT2D eigenvalue weighted by Gasteiger charge is 2.07. The van der Waals surface area contributed by atoms with E-state index in [9.17, 15) is 4.79 Å². The van der Waals surface area contributed by atoms with Crippen molar-refractivity contribution in [1.82, 2.24) is 15.1 Å². The van der Waals surface area contributed by atoms with Crippen molar-refractivity contribution in [3.63, 3.8) is 0 Å². The van der Waals surface area contributed by atoms with Crippen molar-refractivity contribution in [2.75, 3.05) is 13.2 Å². The van der Waals surface area contributed by atoms with Crippen LogP contribution < -0.4 is 10.1 Å². The van der Waals surface area contributed by atoms with Crippen molar-refractivity contribution in [1.29, 1.82) is 0 Å². The first kappa shape index (κ1) is 19.9. The molecule has 0 amide bonds. The molecule has 152 valence electrons. The predicted octanol–water partition coefficient (Wildman–Crippen LogP) is 3.99. The van der Waals surface area contributed by atoms with Gasteiger partial charge in [-0.05, 0) is 34.0 Å². The quantitative estimate of drug-likeness (QED) is 0.324. The number of hydrogen-bond acceptors (Lipinski definition) is 4. The van der Waals surface area contributed by atoms with Crippen LogP contribution >= 0.6 is 0 Å². The zero-order chi connectivity index (χ0) is 20.6. The van der Waals surface area contributed by atoms with E-state index in [1.54, 1.807) is 6.20 Å². The van der Waals surface area contributed by atoms with Crippen LogP contribution in [0.15, 0.2) is 79.1 Å². The smallest absolute Gasteiger partial charge is 0.133 e. The predicted molar refractivity (Wildman–Crippen MR) is 119 cm³/mol. The van der Waals surface area contributed by atoms with E-state index in [2.05, 4.69) is 71.1 Å². The zero-order valence-electron chi connectivity index (χ0n) is 16.8. The third kappa shape index (κ3) is 5.13. The van der Waals surface area contributed by atoms with Gasteiger partial charge in [-0.3, -0.25) is 4.68 Å². The highest BCUT2D eigenvalue weighted by Crippen LogP contribution is 2.22. The largest absolute Gasteiger partial charge is 0.493 e. The molecule has 0 radical (unpaired) electrons. The highest BCUT2D eigenvalue weighted by molar-refractivity contribution is 5.82. The Bertz CT molecular complexity index is 1110. The van der Waals surface area contributed by atoms with E-state index in [-0.39, 0.29) is 0 Å². The minimum Gasteiger partial charge on any atom is -0.493 e. The van der Waals surface area contributed by atoms with Crippen LogP contribution in [0, 0.1) is 0 Å². The minimum absolute atomic E-state index is 0.325. The Labute approximate surface area is 176 Å². The van der Waals surface area contributed by atoms with Gasteiger partial charge in [0.1, 0.15) is 12.0 Å². The molecule has 1 aromatic heterocycles. The van der Waals surface area contributed by atoms with Crippen LogP contribution in [-0.4, -0.2) is 29.2 Å². The van der Waals surface area contributed by atoms with Crippen LogP contribution in [0.5, 0.6) is 5.75 Å². The maximum absolute atomic E-state index is 10.6. The van der Waals surface area contributed by atoms with Crippen molar-refractivity contribution in [2.45, 2.75) is 19.5 Å². The number of rotatable bonds is 10. The molecule has 0 saturated carbocycles. The van der Waals surface area contributed by atoms with Gasteiger partial charge < -0.3 is 14.8 Å². The summed E-state index contributed by atoms with van der Waals surface area (Å²) >= 11 is 0. The molecule has 0 unspecified atom stereocenters. The summed E-state index contributed by atoms with van der Waals surface area (Å²) in [4.78, 5) is 10.6. The average molecular weight is 399 g/mol. The molecule has 0 aliphatic rings. The molecule has 5 nitrogen and oxygen atoms in total. The van der Waals surface area contributed by atoms with Crippen molar-refractivity contribution in [3.8, 4) is 5.75 Å². The van der Waals surface area contributed by atoms with E-state index in [0.717, 1.165) is 29.6 Å². The van der Waals surface area contributed by atoms with Gasteiger partial charge in [0.05, 0.1) is 19.7 Å². The molecule has 0 aliphatic heterocycles. The third-order valence-corrected chi connectivity index (χ3v) is 5.04. The number of carbonyl (C=O) groups is 1. The summed E-state index contributed by atoms with van der Waals surface area (Å²) in [6.45, 7) is 2.19. The fourth-order valence-electron chi connectivity index (χ4n) is 3.50. The van der Waals surface area contributed by atoms with Crippen LogP contribution in [-0.2, 0) is 24.3 Å². The standard InChI is InChI=1S/C25H25N3O2/c29-14-12-26-18-24-9-7-21(19-28-13-3-11-27-28)17-25(24)30-15-10-20-6-8-22-4-1-2-5-23(22)16-20/h1-9,11,13-14,16-17,26H,10,12,15,18-19H2. The lowest BCUT2D eigenvalue weighted by Crippen LogP contribution is -2.16. The molecule has 3 aromatic carbocycles. The molecule has 0 atom stereocenters. The van der Waals surface area contributed by atoms with Gasteiger partial charge in [0.25, 0.3) is 0 Å². The van der Waals surface area contributed by atoms with E-state index in [1.165, 1.54) is 16.3 Å². The first-order valence-corrected chi connectivity index (χ1v) is 10.2. The van der Waals surface area contributed by atoms with Crippen molar-refractivity contribution in [2.24, 2.45) is 0 Å². The summed E-state index contributed by atoms with van der Waals surface area (Å²) in [5, 5.41) is 9.89. The molecule has 4 rings (SSSR count). The Balaban J connectivity index is 1.45. The molecule has 0 saturated heterocycles. The normalized spacial score (nSPS) is 10.9. The van der Waals surface area contributed by atoms with Gasteiger partial charge in [0.2, 0.25) is 0 Å². The Morgan fingerprint density at radius 2 is 1.83 bits per heavy atom. The van der Waals surface area contributed by atoms with E-state index in [4.69, 9.17) is 4.74 Å². The maximum Gasteiger partial charge on any atom is 0.133 e. The number of aromatic nitrogens is 2. The van der Waals surface area contributed by atoms with Gasteiger partial charge >= 0.3 is 0 Å². The number of hydrogen-bond donors (Lipinski definition) is 1. The van der Waals surface area contributed by atoms with Crippen LogP contribution in [0.3, 0.4) is 0 Å². The molecule has 5 heteroatoms. The number of nitrogens with zero attached hydrogens (tertiary/aromatic N) is 2. The number of aldehydes is 1. The van der Waals surface area contributed by atoms with Gasteiger partial charge in [-0.2, -0.15) is 5.10 Å². The molecular weight excluding hydrogens is 374 g/mol. The van der Waals surface area contributed by atoms with E-state index < -0.39 is 0 Å². The van der Waals surface area contributed by atoms with Gasteiger partial charge in [0, 0.05) is 30.9 Å². The zero-order valence-corrected chi connectivity index (χ0v) is 16.8. The van der Waals surface area contributed by atoms with Crippen LogP contribution in [0.2, 0.25) is 0 Å². The Kier molecular flexibility index (Phi) is 6.52. The first-order chi connectivity index (χ1) is 14.8. The second-order valence-corrected chi connectivity index (χ2v) is 7.22. The third-order valence-electron chi connectivity index (χ3n) is 5.04. The lowest BCUT2D eigenvalue weighted by Gasteiger charge is -2.14. The second-order valence-electron chi connectivity index (χ2n) is 7.22. The molecule has 1 N–H and O–H groups in total. The Hall–Kier alpha value is -3.44. The van der Waals surface area contributed by atoms with Gasteiger partial charge in [-0.25, -0.2) is 0 Å². The molecule has 0 fully saturated rings. The summed E-state index contributed by atoms with van der Waals surface area (Å²) in [5.74, 6) is 0.846.